The Morgan fingerprint density at radius 2 is 2.04 bits per heavy atom. The van der Waals surface area contributed by atoms with Gasteiger partial charge in [-0.15, -0.1) is 0 Å². The van der Waals surface area contributed by atoms with E-state index in [1.54, 1.807) is 24.2 Å². The summed E-state index contributed by atoms with van der Waals surface area (Å²) in [6.45, 7) is 0. The summed E-state index contributed by atoms with van der Waals surface area (Å²) in [5, 5.41) is 5.18. The minimum absolute atomic E-state index is 0.128. The van der Waals surface area contributed by atoms with E-state index in [1.807, 2.05) is 31.4 Å². The number of carbonyl (C=O) groups is 1. The number of methoxy groups -OCH3 is 1. The van der Waals surface area contributed by atoms with Gasteiger partial charge in [0.1, 0.15) is 5.78 Å². The van der Waals surface area contributed by atoms with Crippen LogP contribution in [0.3, 0.4) is 0 Å². The van der Waals surface area contributed by atoms with E-state index in [0.29, 0.717) is 12.5 Å². The van der Waals surface area contributed by atoms with Crippen LogP contribution in [0.25, 0.3) is 22.2 Å². The van der Waals surface area contributed by atoms with Gasteiger partial charge in [0.25, 0.3) is 0 Å². The Labute approximate surface area is 158 Å². The standard InChI is InChI=1S/C21H24N4O2/c1-25-13-16(12-23-25)19-8-5-15-11-22-17(9-20(15)24-19)10-21(26)14-3-6-18(27-2)7-4-14/h5,8-9,11-14,18H,3-4,6-7,10H2,1-2H3. The molecule has 6 nitrogen and oxygen atoms in total. The second-order valence-corrected chi connectivity index (χ2v) is 7.32. The van der Waals surface area contributed by atoms with Crippen molar-refractivity contribution < 1.29 is 9.53 Å². The van der Waals surface area contributed by atoms with Crippen molar-refractivity contribution in [2.45, 2.75) is 38.2 Å². The Morgan fingerprint density at radius 3 is 2.74 bits per heavy atom. The molecule has 1 aliphatic rings. The van der Waals surface area contributed by atoms with Gasteiger partial charge >= 0.3 is 0 Å². The Morgan fingerprint density at radius 1 is 1.22 bits per heavy atom. The maximum absolute atomic E-state index is 12.7. The van der Waals surface area contributed by atoms with E-state index >= 15 is 0 Å². The van der Waals surface area contributed by atoms with Gasteiger partial charge in [0.2, 0.25) is 0 Å². The van der Waals surface area contributed by atoms with Gasteiger partial charge in [-0.1, -0.05) is 0 Å². The van der Waals surface area contributed by atoms with Crippen molar-refractivity contribution in [1.29, 1.82) is 0 Å². The van der Waals surface area contributed by atoms with E-state index < -0.39 is 0 Å². The summed E-state index contributed by atoms with van der Waals surface area (Å²) in [5.41, 5.74) is 3.50. The van der Waals surface area contributed by atoms with E-state index in [4.69, 9.17) is 9.72 Å². The highest BCUT2D eigenvalue weighted by Crippen LogP contribution is 2.28. The second kappa shape index (κ2) is 7.56. The molecule has 6 heteroatoms. The Hall–Kier alpha value is -2.60. The third-order valence-corrected chi connectivity index (χ3v) is 5.45. The van der Waals surface area contributed by atoms with Crippen LogP contribution in [0.4, 0.5) is 0 Å². The summed E-state index contributed by atoms with van der Waals surface area (Å²) in [7, 11) is 3.64. The molecule has 1 fully saturated rings. The topological polar surface area (TPSA) is 69.9 Å². The molecule has 0 aromatic carbocycles. The smallest absolute Gasteiger partial charge is 0.141 e. The zero-order chi connectivity index (χ0) is 18.8. The molecule has 0 atom stereocenters. The lowest BCUT2D eigenvalue weighted by Crippen LogP contribution is -2.26. The van der Waals surface area contributed by atoms with Gasteiger partial charge in [-0.3, -0.25) is 14.5 Å². The first-order valence-corrected chi connectivity index (χ1v) is 9.42. The third kappa shape index (κ3) is 3.90. The van der Waals surface area contributed by atoms with Crippen LogP contribution < -0.4 is 0 Å². The van der Waals surface area contributed by atoms with Gasteiger partial charge in [0.05, 0.1) is 23.5 Å². The molecule has 3 aromatic heterocycles. The number of ether oxygens (including phenoxy) is 1. The maximum atomic E-state index is 12.7. The summed E-state index contributed by atoms with van der Waals surface area (Å²) >= 11 is 0. The molecule has 3 aromatic rings. The van der Waals surface area contributed by atoms with Gasteiger partial charge in [-0.2, -0.15) is 5.10 Å². The van der Waals surface area contributed by atoms with E-state index in [-0.39, 0.29) is 11.7 Å². The van der Waals surface area contributed by atoms with Crippen LogP contribution in [0, 0.1) is 5.92 Å². The molecule has 1 aliphatic carbocycles. The van der Waals surface area contributed by atoms with Crippen molar-refractivity contribution in [3.8, 4) is 11.3 Å². The summed E-state index contributed by atoms with van der Waals surface area (Å²) in [6, 6.07) is 5.92. The van der Waals surface area contributed by atoms with Gasteiger partial charge < -0.3 is 4.74 Å². The molecule has 0 N–H and O–H groups in total. The number of hydrogen-bond donors (Lipinski definition) is 0. The highest BCUT2D eigenvalue weighted by Gasteiger charge is 2.26. The maximum Gasteiger partial charge on any atom is 0.141 e. The minimum atomic E-state index is 0.128. The van der Waals surface area contributed by atoms with E-state index in [1.165, 1.54) is 0 Å². The molecule has 0 radical (unpaired) electrons. The molecule has 0 saturated heterocycles. The molecular formula is C21H24N4O2. The minimum Gasteiger partial charge on any atom is -0.381 e. The lowest BCUT2D eigenvalue weighted by atomic mass is 9.83. The summed E-state index contributed by atoms with van der Waals surface area (Å²) < 4.78 is 7.16. The zero-order valence-corrected chi connectivity index (χ0v) is 15.8. The monoisotopic (exact) mass is 364 g/mol. The fourth-order valence-corrected chi connectivity index (χ4v) is 3.81. The average molecular weight is 364 g/mol. The largest absolute Gasteiger partial charge is 0.381 e. The average Bonchev–Trinajstić information content (AvgIpc) is 3.14. The number of Topliss-reactive ketones (excluding diaryl/α,β-unsaturated/α-hetero) is 1. The number of hydrogen-bond acceptors (Lipinski definition) is 5. The molecule has 3 heterocycles. The number of fused-ring (bicyclic) bond motifs is 1. The zero-order valence-electron chi connectivity index (χ0n) is 15.8. The van der Waals surface area contributed by atoms with Crippen molar-refractivity contribution in [3.05, 3.63) is 42.5 Å². The summed E-state index contributed by atoms with van der Waals surface area (Å²) in [4.78, 5) is 21.9. The Balaban J connectivity index is 1.51. The molecule has 1 saturated carbocycles. The highest BCUT2D eigenvalue weighted by atomic mass is 16.5. The molecule has 4 rings (SSSR count). The van der Waals surface area contributed by atoms with Crippen LogP contribution in [0.15, 0.2) is 36.8 Å². The first-order valence-electron chi connectivity index (χ1n) is 9.42. The van der Waals surface area contributed by atoms with Crippen molar-refractivity contribution in [2.24, 2.45) is 13.0 Å². The predicted octanol–water partition coefficient (Wildman–Crippen LogP) is 3.35. The van der Waals surface area contributed by atoms with E-state index in [9.17, 15) is 4.79 Å². The van der Waals surface area contributed by atoms with Crippen molar-refractivity contribution in [1.82, 2.24) is 19.7 Å². The number of nitrogens with zero attached hydrogens (tertiary/aromatic N) is 4. The number of carbonyl (C=O) groups excluding carboxylic acids is 1. The quantitative estimate of drug-likeness (QED) is 0.694. The first kappa shape index (κ1) is 17.8. The molecule has 27 heavy (non-hydrogen) atoms. The highest BCUT2D eigenvalue weighted by molar-refractivity contribution is 5.85. The predicted molar refractivity (Wildman–Crippen MR) is 103 cm³/mol. The summed E-state index contributed by atoms with van der Waals surface area (Å²) in [5.74, 6) is 0.406. The van der Waals surface area contributed by atoms with Crippen molar-refractivity contribution in [3.63, 3.8) is 0 Å². The summed E-state index contributed by atoms with van der Waals surface area (Å²) in [6.07, 6.45) is 9.98. The third-order valence-electron chi connectivity index (χ3n) is 5.45. The Kier molecular flexibility index (Phi) is 4.99. The first-order chi connectivity index (χ1) is 13.1. The SMILES string of the molecule is COC1CCC(C(=O)Cc2cc3nc(-c4cnn(C)c4)ccc3cn2)CC1. The fraction of sp³-hybridized carbons (Fsp3) is 0.429. The van der Waals surface area contributed by atoms with Gasteiger partial charge in [-0.05, 0) is 43.9 Å². The van der Waals surface area contributed by atoms with Crippen LogP contribution in [0.1, 0.15) is 31.4 Å². The van der Waals surface area contributed by atoms with Crippen LogP contribution >= 0.6 is 0 Å². The molecule has 0 spiro atoms. The van der Waals surface area contributed by atoms with Crippen LogP contribution in [0.2, 0.25) is 0 Å². The number of aryl methyl sites for hydroxylation is 1. The van der Waals surface area contributed by atoms with Crippen LogP contribution in [-0.4, -0.2) is 38.7 Å². The second-order valence-electron chi connectivity index (χ2n) is 7.32. The number of aromatic nitrogens is 4. The van der Waals surface area contributed by atoms with E-state index in [2.05, 4.69) is 10.1 Å². The molecular weight excluding hydrogens is 340 g/mol. The van der Waals surface area contributed by atoms with Gasteiger partial charge in [-0.25, -0.2) is 4.98 Å². The molecule has 0 bridgehead atoms. The fourth-order valence-electron chi connectivity index (χ4n) is 3.81. The van der Waals surface area contributed by atoms with Gasteiger partial charge in [0, 0.05) is 55.5 Å². The Bertz CT molecular complexity index is 958. The molecule has 140 valence electrons. The molecule has 0 aliphatic heterocycles. The van der Waals surface area contributed by atoms with Crippen LogP contribution in [0.5, 0.6) is 0 Å². The normalized spacial score (nSPS) is 20.1. The van der Waals surface area contributed by atoms with E-state index in [0.717, 1.165) is 53.5 Å². The van der Waals surface area contributed by atoms with Gasteiger partial charge in [0.15, 0.2) is 0 Å². The lowest BCUT2D eigenvalue weighted by molar-refractivity contribution is -0.124. The number of pyridine rings is 2. The number of rotatable bonds is 5. The lowest BCUT2D eigenvalue weighted by Gasteiger charge is -2.26. The van der Waals surface area contributed by atoms with Crippen molar-refractivity contribution >= 4 is 16.7 Å². The number of ketones is 1. The van der Waals surface area contributed by atoms with Crippen LogP contribution in [-0.2, 0) is 23.0 Å². The van der Waals surface area contributed by atoms with Crippen molar-refractivity contribution in [2.75, 3.05) is 7.11 Å². The molecule has 0 amide bonds. The molecule has 0 unspecified atom stereocenters.